The van der Waals surface area contributed by atoms with E-state index in [0.29, 0.717) is 22.5 Å². The highest BCUT2D eigenvalue weighted by atomic mass is 32.2. The van der Waals surface area contributed by atoms with E-state index in [9.17, 15) is 8.42 Å². The van der Waals surface area contributed by atoms with Gasteiger partial charge in [0.1, 0.15) is 0 Å². The Bertz CT molecular complexity index is 713. The molecule has 0 aliphatic heterocycles. The minimum Gasteiger partial charge on any atom is -0.398 e. The van der Waals surface area contributed by atoms with Crippen LogP contribution in [0.3, 0.4) is 0 Å². The fourth-order valence-electron chi connectivity index (χ4n) is 1.99. The molecule has 0 amide bonds. The van der Waals surface area contributed by atoms with E-state index in [2.05, 4.69) is 0 Å². The SMILES string of the molecule is NCc1cc(S(=O)(=O)c2ccc(N)c(CN)c2)ccc1N. The Labute approximate surface area is 123 Å². The van der Waals surface area contributed by atoms with Crippen molar-refractivity contribution >= 4 is 21.2 Å². The van der Waals surface area contributed by atoms with Crippen LogP contribution in [-0.4, -0.2) is 8.42 Å². The van der Waals surface area contributed by atoms with Crippen LogP contribution in [-0.2, 0) is 22.9 Å². The Kier molecular flexibility index (Phi) is 4.17. The predicted octanol–water partition coefficient (Wildman–Crippen LogP) is 0.601. The van der Waals surface area contributed by atoms with E-state index in [4.69, 9.17) is 22.9 Å². The largest absolute Gasteiger partial charge is 0.398 e. The van der Waals surface area contributed by atoms with Gasteiger partial charge in [0.15, 0.2) is 0 Å². The summed E-state index contributed by atoms with van der Waals surface area (Å²) in [6, 6.07) is 8.98. The molecule has 0 unspecified atom stereocenters. The number of hydrogen-bond acceptors (Lipinski definition) is 6. The Balaban J connectivity index is 2.56. The van der Waals surface area contributed by atoms with Gasteiger partial charge in [-0.15, -0.1) is 0 Å². The molecule has 0 heterocycles. The van der Waals surface area contributed by atoms with Gasteiger partial charge in [-0.05, 0) is 47.5 Å². The standard InChI is InChI=1S/C14H18N4O2S/c15-7-9-5-11(1-3-13(9)17)21(19,20)12-2-4-14(18)10(6-12)8-16/h1-6H,7-8,15-18H2. The van der Waals surface area contributed by atoms with E-state index in [1.54, 1.807) is 0 Å². The maximum absolute atomic E-state index is 12.6. The Morgan fingerprint density at radius 1 is 0.762 bits per heavy atom. The lowest BCUT2D eigenvalue weighted by atomic mass is 10.2. The molecule has 0 aliphatic rings. The maximum atomic E-state index is 12.6. The van der Waals surface area contributed by atoms with Gasteiger partial charge >= 0.3 is 0 Å². The van der Waals surface area contributed by atoms with Crippen molar-refractivity contribution in [3.63, 3.8) is 0 Å². The zero-order valence-corrected chi connectivity index (χ0v) is 12.2. The number of nitrogen functional groups attached to an aromatic ring is 2. The lowest BCUT2D eigenvalue weighted by Crippen LogP contribution is -2.08. The second-order valence-corrected chi connectivity index (χ2v) is 6.58. The fourth-order valence-corrected chi connectivity index (χ4v) is 3.35. The van der Waals surface area contributed by atoms with Crippen LogP contribution < -0.4 is 22.9 Å². The summed E-state index contributed by atoms with van der Waals surface area (Å²) in [6.45, 7) is 0.343. The van der Waals surface area contributed by atoms with Gasteiger partial charge in [0.2, 0.25) is 9.84 Å². The smallest absolute Gasteiger partial charge is 0.206 e. The lowest BCUT2D eigenvalue weighted by Gasteiger charge is -2.10. The van der Waals surface area contributed by atoms with Crippen LogP contribution >= 0.6 is 0 Å². The average molecular weight is 306 g/mol. The second kappa shape index (κ2) is 5.72. The van der Waals surface area contributed by atoms with Crippen molar-refractivity contribution < 1.29 is 8.42 Å². The molecule has 7 heteroatoms. The van der Waals surface area contributed by atoms with Crippen molar-refractivity contribution in [3.05, 3.63) is 47.5 Å². The third-order valence-electron chi connectivity index (χ3n) is 3.29. The molecule has 112 valence electrons. The third kappa shape index (κ3) is 2.85. The Hall–Kier alpha value is -2.09. The summed E-state index contributed by atoms with van der Waals surface area (Å²) in [4.78, 5) is 0.287. The summed E-state index contributed by atoms with van der Waals surface area (Å²) in [5.41, 5.74) is 24.7. The van der Waals surface area contributed by atoms with Crippen LogP contribution in [0.2, 0.25) is 0 Å². The minimum absolute atomic E-state index is 0.143. The van der Waals surface area contributed by atoms with Crippen LogP contribution in [0.25, 0.3) is 0 Å². The lowest BCUT2D eigenvalue weighted by molar-refractivity contribution is 0.596. The first-order valence-electron chi connectivity index (χ1n) is 6.32. The van der Waals surface area contributed by atoms with Crippen molar-refractivity contribution in [3.8, 4) is 0 Å². The molecule has 2 aromatic carbocycles. The summed E-state index contributed by atoms with van der Waals surface area (Å²) >= 11 is 0. The molecule has 6 nitrogen and oxygen atoms in total. The molecule has 21 heavy (non-hydrogen) atoms. The van der Waals surface area contributed by atoms with Gasteiger partial charge in [-0.25, -0.2) is 8.42 Å². The highest BCUT2D eigenvalue weighted by Crippen LogP contribution is 2.26. The summed E-state index contributed by atoms with van der Waals surface area (Å²) in [7, 11) is -3.66. The third-order valence-corrected chi connectivity index (χ3v) is 5.04. The normalized spacial score (nSPS) is 11.5. The number of sulfone groups is 1. The zero-order valence-electron chi connectivity index (χ0n) is 11.4. The van der Waals surface area contributed by atoms with Crippen molar-refractivity contribution in [2.75, 3.05) is 11.5 Å². The van der Waals surface area contributed by atoms with E-state index in [1.165, 1.54) is 36.4 Å². The molecule has 2 aromatic rings. The van der Waals surface area contributed by atoms with Crippen molar-refractivity contribution in [2.45, 2.75) is 22.9 Å². The molecule has 2 rings (SSSR count). The number of rotatable bonds is 4. The van der Waals surface area contributed by atoms with Crippen LogP contribution in [0, 0.1) is 0 Å². The minimum atomic E-state index is -3.66. The molecule has 8 N–H and O–H groups in total. The van der Waals surface area contributed by atoms with Crippen LogP contribution in [0.4, 0.5) is 11.4 Å². The Morgan fingerprint density at radius 2 is 1.14 bits per heavy atom. The number of anilines is 2. The highest BCUT2D eigenvalue weighted by molar-refractivity contribution is 7.91. The Morgan fingerprint density at radius 3 is 1.48 bits per heavy atom. The van der Waals surface area contributed by atoms with Crippen molar-refractivity contribution in [1.82, 2.24) is 0 Å². The van der Waals surface area contributed by atoms with Crippen molar-refractivity contribution in [1.29, 1.82) is 0 Å². The van der Waals surface area contributed by atoms with Crippen LogP contribution in [0.1, 0.15) is 11.1 Å². The summed E-state index contributed by atoms with van der Waals surface area (Å²) in [6.07, 6.45) is 0. The van der Waals surface area contributed by atoms with E-state index >= 15 is 0 Å². The first-order valence-corrected chi connectivity index (χ1v) is 7.80. The van der Waals surface area contributed by atoms with Gasteiger partial charge < -0.3 is 22.9 Å². The van der Waals surface area contributed by atoms with Crippen molar-refractivity contribution in [2.24, 2.45) is 11.5 Å². The fraction of sp³-hybridized carbons (Fsp3) is 0.143. The van der Waals surface area contributed by atoms with Crippen LogP contribution in [0.15, 0.2) is 46.2 Å². The van der Waals surface area contributed by atoms with E-state index < -0.39 is 9.84 Å². The first-order chi connectivity index (χ1) is 9.90. The van der Waals surface area contributed by atoms with Gasteiger partial charge in [0, 0.05) is 24.5 Å². The molecule has 0 radical (unpaired) electrons. The van der Waals surface area contributed by atoms with Gasteiger partial charge in [0.25, 0.3) is 0 Å². The molecule has 0 fully saturated rings. The molecule has 0 bridgehead atoms. The molecule has 0 saturated heterocycles. The monoisotopic (exact) mass is 306 g/mol. The topological polar surface area (TPSA) is 138 Å². The van der Waals surface area contributed by atoms with E-state index in [-0.39, 0.29) is 22.9 Å². The summed E-state index contributed by atoms with van der Waals surface area (Å²) in [5.74, 6) is 0. The maximum Gasteiger partial charge on any atom is 0.206 e. The number of hydrogen-bond donors (Lipinski definition) is 4. The molecular formula is C14H18N4O2S. The van der Waals surface area contributed by atoms with E-state index in [0.717, 1.165) is 0 Å². The zero-order chi connectivity index (χ0) is 15.6. The predicted molar refractivity (Wildman–Crippen MR) is 82.9 cm³/mol. The highest BCUT2D eigenvalue weighted by Gasteiger charge is 2.19. The summed E-state index contributed by atoms with van der Waals surface area (Å²) in [5, 5.41) is 0. The van der Waals surface area contributed by atoms with Gasteiger partial charge in [-0.1, -0.05) is 0 Å². The quantitative estimate of drug-likeness (QED) is 0.610. The molecule has 0 atom stereocenters. The second-order valence-electron chi connectivity index (χ2n) is 4.63. The first kappa shape index (κ1) is 15.3. The summed E-state index contributed by atoms with van der Waals surface area (Å²) < 4.78 is 25.3. The van der Waals surface area contributed by atoms with Gasteiger partial charge in [-0.2, -0.15) is 0 Å². The number of benzene rings is 2. The molecule has 0 saturated carbocycles. The van der Waals surface area contributed by atoms with Crippen LogP contribution in [0.5, 0.6) is 0 Å². The van der Waals surface area contributed by atoms with Gasteiger partial charge in [-0.3, -0.25) is 0 Å². The van der Waals surface area contributed by atoms with E-state index in [1.807, 2.05) is 0 Å². The molecular weight excluding hydrogens is 288 g/mol. The molecule has 0 aliphatic carbocycles. The number of nitrogens with two attached hydrogens (primary N) is 4. The molecule has 0 aromatic heterocycles. The average Bonchev–Trinajstić information content (AvgIpc) is 2.47. The van der Waals surface area contributed by atoms with Gasteiger partial charge in [0.05, 0.1) is 9.79 Å². The molecule has 0 spiro atoms.